The molecular formula is C11H13NO3. The summed E-state index contributed by atoms with van der Waals surface area (Å²) in [4.78, 5) is 11.5. The fourth-order valence-corrected chi connectivity index (χ4v) is 1.65. The molecule has 80 valence electrons. The van der Waals surface area contributed by atoms with Crippen molar-refractivity contribution in [2.75, 3.05) is 0 Å². The molecule has 1 aliphatic heterocycles. The molecule has 0 saturated carbocycles. The Bertz CT molecular complexity index is 403. The minimum atomic E-state index is -1.43. The highest BCUT2D eigenvalue weighted by Gasteiger charge is 2.44. The molecule has 0 saturated heterocycles. The van der Waals surface area contributed by atoms with Gasteiger partial charge in [0, 0.05) is 0 Å². The maximum absolute atomic E-state index is 11.5. The molecule has 4 nitrogen and oxygen atoms in total. The lowest BCUT2D eigenvalue weighted by atomic mass is 10.1. The molecule has 4 heteroatoms. The van der Waals surface area contributed by atoms with E-state index in [1.807, 2.05) is 13.8 Å². The van der Waals surface area contributed by atoms with Gasteiger partial charge in [0.05, 0.1) is 17.2 Å². The van der Waals surface area contributed by atoms with Gasteiger partial charge in [-0.15, -0.1) is 0 Å². The van der Waals surface area contributed by atoms with Gasteiger partial charge < -0.3 is 9.47 Å². The van der Waals surface area contributed by atoms with Gasteiger partial charge in [-0.3, -0.25) is 5.73 Å². The molecular weight excluding hydrogens is 194 g/mol. The zero-order chi connectivity index (χ0) is 11.1. The maximum atomic E-state index is 11.5. The van der Waals surface area contributed by atoms with Crippen LogP contribution in [-0.2, 0) is 15.4 Å². The first-order valence-electron chi connectivity index (χ1n) is 4.82. The van der Waals surface area contributed by atoms with Gasteiger partial charge in [0.2, 0.25) is 0 Å². The van der Waals surface area contributed by atoms with Gasteiger partial charge in [0.15, 0.2) is 0 Å². The van der Waals surface area contributed by atoms with Crippen molar-refractivity contribution in [3.63, 3.8) is 0 Å². The van der Waals surface area contributed by atoms with E-state index < -0.39 is 11.9 Å². The molecule has 1 heterocycles. The summed E-state index contributed by atoms with van der Waals surface area (Å²) in [5.74, 6) is -1.87. The van der Waals surface area contributed by atoms with Crippen molar-refractivity contribution < 1.29 is 14.3 Å². The number of benzene rings is 1. The highest BCUT2D eigenvalue weighted by molar-refractivity contribution is 5.94. The van der Waals surface area contributed by atoms with E-state index in [0.717, 1.165) is 0 Å². The molecule has 1 atom stereocenters. The lowest BCUT2D eigenvalue weighted by molar-refractivity contribution is -0.219. The Morgan fingerprint density at radius 2 is 2.07 bits per heavy atom. The molecule has 0 aliphatic carbocycles. The number of fused-ring (bicyclic) bond motifs is 1. The van der Waals surface area contributed by atoms with E-state index in [-0.39, 0.29) is 6.10 Å². The molecule has 1 aromatic carbocycles. The summed E-state index contributed by atoms with van der Waals surface area (Å²) in [6, 6.07) is 6.98. The van der Waals surface area contributed by atoms with E-state index in [2.05, 4.69) is 0 Å². The average Bonchev–Trinajstić information content (AvgIpc) is 2.39. The zero-order valence-corrected chi connectivity index (χ0v) is 8.69. The first-order chi connectivity index (χ1) is 7.03. The van der Waals surface area contributed by atoms with Crippen LogP contribution in [0.25, 0.3) is 0 Å². The predicted octanol–water partition coefficient (Wildman–Crippen LogP) is 1.35. The van der Waals surface area contributed by atoms with Gasteiger partial charge in [-0.05, 0) is 19.9 Å². The molecule has 0 fully saturated rings. The van der Waals surface area contributed by atoms with Crippen molar-refractivity contribution in [3.05, 3.63) is 35.4 Å². The van der Waals surface area contributed by atoms with Gasteiger partial charge in [0.25, 0.3) is 5.91 Å². The molecule has 0 aromatic heterocycles. The molecule has 15 heavy (non-hydrogen) atoms. The van der Waals surface area contributed by atoms with Crippen LogP contribution in [0, 0.1) is 0 Å². The molecule has 2 N–H and O–H groups in total. The van der Waals surface area contributed by atoms with Gasteiger partial charge in [-0.2, -0.15) is 0 Å². The van der Waals surface area contributed by atoms with Crippen molar-refractivity contribution in [2.24, 2.45) is 5.73 Å². The van der Waals surface area contributed by atoms with Crippen LogP contribution in [0.15, 0.2) is 24.3 Å². The standard InChI is InChI=1S/C11H13NO3/c1-7(2)14-11(12)9-6-4-3-5-8(9)10(13)15-11/h3-7H,12H2,1-2H3. The van der Waals surface area contributed by atoms with Crippen molar-refractivity contribution in [1.82, 2.24) is 0 Å². The number of rotatable bonds is 2. The number of esters is 1. The van der Waals surface area contributed by atoms with E-state index in [1.165, 1.54) is 0 Å². The number of cyclic esters (lactones) is 1. The minimum absolute atomic E-state index is 0.117. The Kier molecular flexibility index (Phi) is 2.25. The monoisotopic (exact) mass is 207 g/mol. The fraction of sp³-hybridized carbons (Fsp3) is 0.364. The van der Waals surface area contributed by atoms with Crippen molar-refractivity contribution in [1.29, 1.82) is 0 Å². The second-order valence-corrected chi connectivity index (χ2v) is 3.77. The van der Waals surface area contributed by atoms with Crippen molar-refractivity contribution >= 4 is 5.97 Å². The summed E-state index contributed by atoms with van der Waals surface area (Å²) in [5.41, 5.74) is 6.96. The number of carbonyl (C=O) groups is 1. The van der Waals surface area contributed by atoms with Gasteiger partial charge >= 0.3 is 5.97 Å². The Labute approximate surface area is 88.0 Å². The summed E-state index contributed by atoms with van der Waals surface area (Å²) in [6.07, 6.45) is -0.117. The lowest BCUT2D eigenvalue weighted by Gasteiger charge is -2.25. The Hall–Kier alpha value is -1.39. The van der Waals surface area contributed by atoms with Crippen molar-refractivity contribution in [3.8, 4) is 0 Å². The third-order valence-electron chi connectivity index (χ3n) is 2.18. The quantitative estimate of drug-likeness (QED) is 0.587. The van der Waals surface area contributed by atoms with Gasteiger partial charge in [-0.1, -0.05) is 18.2 Å². The van der Waals surface area contributed by atoms with Crippen LogP contribution in [0.1, 0.15) is 29.8 Å². The third kappa shape index (κ3) is 1.62. The summed E-state index contributed by atoms with van der Waals surface area (Å²) >= 11 is 0. The maximum Gasteiger partial charge on any atom is 0.342 e. The zero-order valence-electron chi connectivity index (χ0n) is 8.69. The van der Waals surface area contributed by atoms with Crippen LogP contribution < -0.4 is 5.73 Å². The van der Waals surface area contributed by atoms with E-state index in [9.17, 15) is 4.79 Å². The SMILES string of the molecule is CC(C)OC1(N)OC(=O)c2ccccc21. The van der Waals surface area contributed by atoms with Crippen LogP contribution in [0.5, 0.6) is 0 Å². The Balaban J connectivity index is 2.43. The normalized spacial score (nSPS) is 24.1. The van der Waals surface area contributed by atoms with E-state index in [0.29, 0.717) is 11.1 Å². The summed E-state index contributed by atoms with van der Waals surface area (Å²) in [6.45, 7) is 3.67. The molecule has 1 aliphatic rings. The van der Waals surface area contributed by atoms with Crippen LogP contribution in [-0.4, -0.2) is 12.1 Å². The topological polar surface area (TPSA) is 61.6 Å². The minimum Gasteiger partial charge on any atom is -0.411 e. The van der Waals surface area contributed by atoms with Crippen LogP contribution >= 0.6 is 0 Å². The molecule has 2 rings (SSSR count). The average molecular weight is 207 g/mol. The summed E-state index contributed by atoms with van der Waals surface area (Å²) in [7, 11) is 0. The third-order valence-corrected chi connectivity index (χ3v) is 2.18. The highest BCUT2D eigenvalue weighted by Crippen LogP contribution is 2.33. The van der Waals surface area contributed by atoms with E-state index in [4.69, 9.17) is 15.2 Å². The Morgan fingerprint density at radius 3 is 2.73 bits per heavy atom. The molecule has 0 amide bonds. The van der Waals surface area contributed by atoms with Gasteiger partial charge in [0.1, 0.15) is 0 Å². The predicted molar refractivity (Wildman–Crippen MR) is 53.9 cm³/mol. The van der Waals surface area contributed by atoms with Crippen LogP contribution in [0.2, 0.25) is 0 Å². The summed E-state index contributed by atoms with van der Waals surface area (Å²) in [5, 5.41) is 0. The van der Waals surface area contributed by atoms with Crippen LogP contribution in [0.3, 0.4) is 0 Å². The molecule has 0 radical (unpaired) electrons. The van der Waals surface area contributed by atoms with Gasteiger partial charge in [-0.25, -0.2) is 4.79 Å². The van der Waals surface area contributed by atoms with Crippen molar-refractivity contribution in [2.45, 2.75) is 25.9 Å². The molecule has 1 unspecified atom stereocenters. The Morgan fingerprint density at radius 1 is 1.40 bits per heavy atom. The molecule has 0 spiro atoms. The number of nitrogens with two attached hydrogens (primary N) is 1. The second-order valence-electron chi connectivity index (χ2n) is 3.77. The number of ether oxygens (including phenoxy) is 2. The lowest BCUT2D eigenvalue weighted by Crippen LogP contribution is -2.41. The van der Waals surface area contributed by atoms with Crippen LogP contribution in [0.4, 0.5) is 0 Å². The highest BCUT2D eigenvalue weighted by atomic mass is 16.7. The number of carbonyl (C=O) groups excluding carboxylic acids is 1. The van der Waals surface area contributed by atoms with E-state index >= 15 is 0 Å². The molecule has 1 aromatic rings. The van der Waals surface area contributed by atoms with E-state index in [1.54, 1.807) is 24.3 Å². The fourth-order valence-electron chi connectivity index (χ4n) is 1.65. The first kappa shape index (κ1) is 10.1. The smallest absolute Gasteiger partial charge is 0.342 e. The first-order valence-corrected chi connectivity index (χ1v) is 4.82. The number of hydrogen-bond donors (Lipinski definition) is 1. The molecule has 0 bridgehead atoms. The summed E-state index contributed by atoms with van der Waals surface area (Å²) < 4.78 is 10.5. The number of hydrogen-bond acceptors (Lipinski definition) is 4. The second kappa shape index (κ2) is 3.32. The largest absolute Gasteiger partial charge is 0.411 e.